The number of para-hydroxylation sites is 9. The topological polar surface area (TPSA) is 29.6 Å². The number of fused-ring (bicyclic) bond motifs is 23. The van der Waals surface area contributed by atoms with Gasteiger partial charge in [0.1, 0.15) is 0 Å². The molecule has 6 aromatic heterocycles. The fraction of sp³-hybridized carbons (Fsp3) is 0. The molecule has 27 aromatic rings. The van der Waals surface area contributed by atoms with Crippen LogP contribution in [0.3, 0.4) is 0 Å². The lowest BCUT2D eigenvalue weighted by molar-refractivity contribution is 1.18. The van der Waals surface area contributed by atoms with Gasteiger partial charge in [-0.25, -0.2) is 0 Å². The molecule has 588 valence electrons. The molecule has 0 spiro atoms. The number of nitrogens with zero attached hydrogens (tertiary/aromatic N) is 6. The van der Waals surface area contributed by atoms with Gasteiger partial charge >= 0.3 is 0 Å². The van der Waals surface area contributed by atoms with Gasteiger partial charge < -0.3 is 27.4 Å². The molecule has 0 unspecified atom stereocenters. The third kappa shape index (κ3) is 11.7. The minimum atomic E-state index is 1.18. The van der Waals surface area contributed by atoms with Crippen LogP contribution in [0.2, 0.25) is 0 Å². The molecule has 0 radical (unpaired) electrons. The third-order valence-corrected chi connectivity index (χ3v) is 26.0. The van der Waals surface area contributed by atoms with E-state index < -0.39 is 0 Å². The van der Waals surface area contributed by atoms with Gasteiger partial charge in [0.2, 0.25) is 0 Å². The second-order valence-corrected chi connectivity index (χ2v) is 33.0. The van der Waals surface area contributed by atoms with Crippen LogP contribution in [0.25, 0.3) is 231 Å². The van der Waals surface area contributed by atoms with Gasteiger partial charge in [0, 0.05) is 104 Å². The molecule has 0 aliphatic rings. The first-order valence-corrected chi connectivity index (χ1v) is 43.4. The lowest BCUT2D eigenvalue weighted by Gasteiger charge is -2.10. The number of hydrogen-bond donors (Lipinski definition) is 0. The third-order valence-electron chi connectivity index (χ3n) is 26.0. The fourth-order valence-electron chi connectivity index (χ4n) is 20.4. The molecule has 6 nitrogen and oxygen atoms in total. The molecule has 21 aromatic carbocycles. The van der Waals surface area contributed by atoms with Crippen molar-refractivity contribution in [2.24, 2.45) is 0 Å². The average molecular weight is 1600 g/mol. The molecule has 0 N–H and O–H groups in total. The van der Waals surface area contributed by atoms with E-state index in [4.69, 9.17) is 0 Å². The first-order valence-electron chi connectivity index (χ1n) is 43.4. The van der Waals surface area contributed by atoms with Crippen molar-refractivity contribution in [3.8, 4) is 67.5 Å². The van der Waals surface area contributed by atoms with Crippen LogP contribution in [0, 0.1) is 0 Å². The van der Waals surface area contributed by atoms with E-state index in [1.165, 1.54) is 231 Å². The summed E-state index contributed by atoms with van der Waals surface area (Å²) in [5, 5.41) is 22.9. The van der Waals surface area contributed by atoms with Crippen molar-refractivity contribution in [3.63, 3.8) is 0 Å². The van der Waals surface area contributed by atoms with Crippen molar-refractivity contribution in [2.45, 2.75) is 0 Å². The Kier molecular flexibility index (Phi) is 16.9. The van der Waals surface area contributed by atoms with Crippen molar-refractivity contribution in [1.82, 2.24) is 27.4 Å². The van der Waals surface area contributed by atoms with E-state index in [2.05, 4.69) is 501 Å². The van der Waals surface area contributed by atoms with Gasteiger partial charge in [-0.05, 0) is 242 Å². The van der Waals surface area contributed by atoms with Gasteiger partial charge in [0.05, 0.1) is 66.2 Å². The van der Waals surface area contributed by atoms with E-state index in [-0.39, 0.29) is 0 Å². The van der Waals surface area contributed by atoms with Gasteiger partial charge in [-0.15, -0.1) is 0 Å². The highest BCUT2D eigenvalue weighted by molar-refractivity contribution is 6.24. The van der Waals surface area contributed by atoms with E-state index in [1.54, 1.807) is 0 Å². The lowest BCUT2D eigenvalue weighted by atomic mass is 9.99. The summed E-state index contributed by atoms with van der Waals surface area (Å²) in [5.41, 5.74) is 29.1. The maximum Gasteiger partial charge on any atom is 0.0619 e. The first-order chi connectivity index (χ1) is 62.5. The van der Waals surface area contributed by atoms with E-state index >= 15 is 0 Å². The van der Waals surface area contributed by atoms with Crippen molar-refractivity contribution in [2.75, 3.05) is 0 Å². The summed E-state index contributed by atoms with van der Waals surface area (Å²) in [6.07, 6.45) is 0. The summed E-state index contributed by atoms with van der Waals surface area (Å²) in [6, 6.07) is 172. The largest absolute Gasteiger partial charge is 0.309 e. The Morgan fingerprint density at radius 2 is 0.349 bits per heavy atom. The van der Waals surface area contributed by atoms with Crippen molar-refractivity contribution >= 4 is 163 Å². The second kappa shape index (κ2) is 29.5. The Balaban J connectivity index is 0.000000103. The Morgan fingerprint density at radius 1 is 0.111 bits per heavy atom. The number of hydrogen-bond acceptors (Lipinski definition) is 0. The smallest absolute Gasteiger partial charge is 0.0619 e. The lowest BCUT2D eigenvalue weighted by Crippen LogP contribution is -1.94. The Morgan fingerprint density at radius 3 is 0.746 bits per heavy atom. The van der Waals surface area contributed by atoms with Crippen LogP contribution in [-0.2, 0) is 0 Å². The van der Waals surface area contributed by atoms with Crippen LogP contribution >= 0.6 is 0 Å². The van der Waals surface area contributed by atoms with E-state index in [0.29, 0.717) is 0 Å². The monoisotopic (exact) mass is 1600 g/mol. The maximum atomic E-state index is 2.42. The molecule has 0 aliphatic carbocycles. The average Bonchev–Trinajstić information content (AvgIpc) is 1.57. The minimum Gasteiger partial charge on any atom is -0.309 e. The summed E-state index contributed by atoms with van der Waals surface area (Å²) in [4.78, 5) is 0. The number of rotatable bonds is 9. The molecule has 0 fully saturated rings. The predicted octanol–water partition coefficient (Wildman–Crippen LogP) is 32.1. The van der Waals surface area contributed by atoms with Crippen molar-refractivity contribution in [3.05, 3.63) is 473 Å². The van der Waals surface area contributed by atoms with Gasteiger partial charge in [-0.1, -0.05) is 291 Å². The standard InChI is InChI=1S/3C40H26N2/c1-3-13-31(14-4-1)41-37-18-10-9-17-33(37)34-24-29(19-21-38(34)41)30-20-22-39-35(25-30)36-23-27-11-7-8-12-28(27)26-40(36)42(39)32-15-5-2-6-16-32;1-3-12-30(13-4-1)41-36-18-10-9-17-33(36)34-25-28(20-22-37(34)41)29-21-23-38-35(26-29)40-32-16-8-7-11-27(32)19-24-39(40)42(38)31-14-5-2-6-15-31;1-3-12-30(13-4-1)41-37-18-10-9-17-33(37)35-25-28(20-23-38(35)41)29-21-24-39-36(26-29)34-22-19-27-11-7-8-16-32(27)40(34)42(39)31-14-5-2-6-15-31/h3*1-26H. The molecule has 0 aliphatic heterocycles. The molecule has 0 saturated carbocycles. The second-order valence-electron chi connectivity index (χ2n) is 33.0. The van der Waals surface area contributed by atoms with Gasteiger partial charge in [0.25, 0.3) is 0 Å². The van der Waals surface area contributed by atoms with E-state index in [1.807, 2.05) is 0 Å². The van der Waals surface area contributed by atoms with Crippen LogP contribution in [0.1, 0.15) is 0 Å². The molecular formula is C120H78N6. The summed E-state index contributed by atoms with van der Waals surface area (Å²) in [5.74, 6) is 0. The summed E-state index contributed by atoms with van der Waals surface area (Å²) in [6.45, 7) is 0. The highest BCUT2D eigenvalue weighted by Crippen LogP contribution is 2.46. The molecule has 0 saturated heterocycles. The Bertz CT molecular complexity index is 8770. The molecule has 6 heterocycles. The van der Waals surface area contributed by atoms with Gasteiger partial charge in [0.15, 0.2) is 0 Å². The first kappa shape index (κ1) is 72.1. The molecule has 27 rings (SSSR count). The Labute approximate surface area is 726 Å². The van der Waals surface area contributed by atoms with Crippen LogP contribution < -0.4 is 0 Å². The highest BCUT2D eigenvalue weighted by atomic mass is 15.0. The quantitative estimate of drug-likeness (QED) is 0.138. The van der Waals surface area contributed by atoms with E-state index in [0.717, 1.165) is 0 Å². The van der Waals surface area contributed by atoms with Crippen LogP contribution in [0.15, 0.2) is 473 Å². The predicted molar refractivity (Wildman–Crippen MR) is 534 cm³/mol. The zero-order valence-corrected chi connectivity index (χ0v) is 68.7. The molecule has 0 bridgehead atoms. The number of benzene rings is 21. The zero-order chi connectivity index (χ0) is 82.9. The summed E-state index contributed by atoms with van der Waals surface area (Å²) >= 11 is 0. The molecule has 0 amide bonds. The van der Waals surface area contributed by atoms with E-state index in [9.17, 15) is 0 Å². The SMILES string of the molecule is c1ccc(-n2c3ccccc3c3cc(-c4ccc5c(c4)c4c6ccccc6ccc4n5-c4ccccc4)ccc32)cc1.c1ccc(-n2c3ccccc3c3cc(-c4ccc5c(c4)c4cc6ccccc6cc4n5-c4ccccc4)ccc32)cc1.c1ccc(-n2c3ccccc3c3cc(-c4ccc5c(c4)c4ccc6ccccc6c4n5-c4ccccc4)ccc32)cc1. The fourth-order valence-corrected chi connectivity index (χ4v) is 20.4. The van der Waals surface area contributed by atoms with Gasteiger partial charge in [-0.3, -0.25) is 0 Å². The molecule has 6 heteroatoms. The van der Waals surface area contributed by atoms with Crippen LogP contribution in [0.4, 0.5) is 0 Å². The zero-order valence-electron chi connectivity index (χ0n) is 68.7. The summed E-state index contributed by atoms with van der Waals surface area (Å²) in [7, 11) is 0. The Hall–Kier alpha value is -16.8. The number of aromatic nitrogens is 6. The summed E-state index contributed by atoms with van der Waals surface area (Å²) < 4.78 is 14.3. The van der Waals surface area contributed by atoms with Crippen LogP contribution in [-0.4, -0.2) is 27.4 Å². The minimum absolute atomic E-state index is 1.18. The maximum absolute atomic E-state index is 2.42. The molecular weight excluding hydrogens is 1530 g/mol. The molecule has 0 atom stereocenters. The van der Waals surface area contributed by atoms with Crippen molar-refractivity contribution < 1.29 is 0 Å². The van der Waals surface area contributed by atoms with Crippen LogP contribution in [0.5, 0.6) is 0 Å². The normalized spacial score (nSPS) is 11.8. The highest BCUT2D eigenvalue weighted by Gasteiger charge is 2.23. The van der Waals surface area contributed by atoms with Gasteiger partial charge in [-0.2, -0.15) is 0 Å². The molecule has 126 heavy (non-hydrogen) atoms. The van der Waals surface area contributed by atoms with Crippen molar-refractivity contribution in [1.29, 1.82) is 0 Å².